The van der Waals surface area contributed by atoms with Gasteiger partial charge in [0.15, 0.2) is 0 Å². The van der Waals surface area contributed by atoms with E-state index in [-0.39, 0.29) is 17.3 Å². The molecule has 2 aromatic carbocycles. The number of benzene rings is 2. The van der Waals surface area contributed by atoms with Crippen LogP contribution in [0, 0.1) is 11.3 Å². The van der Waals surface area contributed by atoms with Gasteiger partial charge < -0.3 is 9.88 Å². The summed E-state index contributed by atoms with van der Waals surface area (Å²) in [6.07, 6.45) is 5.48. The molecular formula is C23H24N4O3S. The van der Waals surface area contributed by atoms with Crippen LogP contribution < -0.4 is 5.32 Å². The lowest BCUT2D eigenvalue weighted by molar-refractivity contribution is -0.116. The number of aryl methyl sites for hydroxylation is 1. The molecule has 0 saturated carbocycles. The van der Waals surface area contributed by atoms with E-state index in [0.717, 1.165) is 20.8 Å². The van der Waals surface area contributed by atoms with Gasteiger partial charge in [-0.1, -0.05) is 36.4 Å². The van der Waals surface area contributed by atoms with Crippen molar-refractivity contribution in [3.05, 3.63) is 71.9 Å². The number of fused-ring (bicyclic) bond motifs is 1. The van der Waals surface area contributed by atoms with Crippen molar-refractivity contribution in [2.75, 3.05) is 14.1 Å². The van der Waals surface area contributed by atoms with Crippen LogP contribution in [0.25, 0.3) is 17.0 Å². The van der Waals surface area contributed by atoms with E-state index in [1.54, 1.807) is 24.3 Å². The Bertz CT molecular complexity index is 1270. The molecule has 3 aromatic rings. The minimum absolute atomic E-state index is 0.0936. The first-order valence-electron chi connectivity index (χ1n) is 9.75. The Balaban J connectivity index is 1.75. The van der Waals surface area contributed by atoms with Crippen molar-refractivity contribution in [3.63, 3.8) is 0 Å². The Morgan fingerprint density at radius 2 is 1.87 bits per heavy atom. The minimum atomic E-state index is -3.60. The third kappa shape index (κ3) is 5.02. The molecule has 0 aliphatic heterocycles. The molecular weight excluding hydrogens is 412 g/mol. The number of nitrogens with zero attached hydrogens (tertiary/aromatic N) is 3. The summed E-state index contributed by atoms with van der Waals surface area (Å²) in [5.41, 5.74) is 2.39. The fourth-order valence-electron chi connectivity index (χ4n) is 3.27. The lowest BCUT2D eigenvalue weighted by Crippen LogP contribution is -2.26. The van der Waals surface area contributed by atoms with E-state index in [2.05, 4.69) is 11.4 Å². The summed E-state index contributed by atoms with van der Waals surface area (Å²) in [6.45, 7) is 0.671. The highest BCUT2D eigenvalue weighted by molar-refractivity contribution is 7.89. The maximum Gasteiger partial charge on any atom is 0.244 e. The van der Waals surface area contributed by atoms with Crippen molar-refractivity contribution in [1.29, 1.82) is 5.26 Å². The second-order valence-electron chi connectivity index (χ2n) is 7.15. The summed E-state index contributed by atoms with van der Waals surface area (Å²) in [4.78, 5) is 12.6. The number of carbonyl (C=O) groups is 1. The number of rotatable bonds is 8. The van der Waals surface area contributed by atoms with Crippen molar-refractivity contribution in [2.45, 2.75) is 24.4 Å². The van der Waals surface area contributed by atoms with Gasteiger partial charge in [-0.3, -0.25) is 4.79 Å². The molecule has 7 nitrogen and oxygen atoms in total. The number of aromatic nitrogens is 1. The number of hydrogen-bond acceptors (Lipinski definition) is 4. The number of sulfonamides is 1. The number of amides is 1. The smallest absolute Gasteiger partial charge is 0.244 e. The lowest BCUT2D eigenvalue weighted by Gasteiger charge is -2.15. The summed E-state index contributed by atoms with van der Waals surface area (Å²) < 4.78 is 28.1. The molecule has 31 heavy (non-hydrogen) atoms. The Morgan fingerprint density at radius 1 is 1.16 bits per heavy atom. The molecule has 3 rings (SSSR count). The Morgan fingerprint density at radius 3 is 2.61 bits per heavy atom. The average Bonchev–Trinajstić information content (AvgIpc) is 3.12. The van der Waals surface area contributed by atoms with E-state index in [9.17, 15) is 13.2 Å². The maximum absolute atomic E-state index is 12.5. The van der Waals surface area contributed by atoms with Crippen LogP contribution in [0.1, 0.15) is 17.5 Å². The molecule has 1 N–H and O–H groups in total. The van der Waals surface area contributed by atoms with E-state index >= 15 is 0 Å². The number of carbonyl (C=O) groups excluding carboxylic acids is 1. The van der Waals surface area contributed by atoms with Crippen molar-refractivity contribution >= 4 is 32.9 Å². The Kier molecular flexibility index (Phi) is 6.90. The van der Waals surface area contributed by atoms with Crippen LogP contribution in [0.4, 0.5) is 0 Å². The van der Waals surface area contributed by atoms with Gasteiger partial charge in [-0.2, -0.15) is 5.26 Å². The number of nitrogens with one attached hydrogen (secondary N) is 1. The summed E-state index contributed by atoms with van der Waals surface area (Å²) in [6, 6.07) is 16.6. The van der Waals surface area contributed by atoms with Gasteiger partial charge in [-0.05, 0) is 23.8 Å². The van der Waals surface area contributed by atoms with Gasteiger partial charge >= 0.3 is 0 Å². The zero-order valence-corrected chi connectivity index (χ0v) is 18.3. The van der Waals surface area contributed by atoms with Crippen LogP contribution in [0.2, 0.25) is 0 Å². The number of hydrogen-bond donors (Lipinski definition) is 1. The van der Waals surface area contributed by atoms with Gasteiger partial charge in [-0.15, -0.1) is 0 Å². The number of nitriles is 1. The monoisotopic (exact) mass is 436 g/mol. The number of para-hydroxylation sites is 1. The molecule has 0 bridgehead atoms. The first-order chi connectivity index (χ1) is 14.8. The lowest BCUT2D eigenvalue weighted by atomic mass is 10.1. The van der Waals surface area contributed by atoms with Crippen molar-refractivity contribution in [3.8, 4) is 6.07 Å². The quantitative estimate of drug-likeness (QED) is 0.549. The standard InChI is InChI=1S/C23H24N4O3S/c1-26(2)31(29,30)22-11-6-3-8-18(22)16-25-23(28)13-12-19-17-27(15-7-14-24)21-10-5-4-9-20(19)21/h3-6,8-13,17H,7,15-16H2,1-2H3,(H,25,28)/b13-12+. The van der Waals surface area contributed by atoms with Crippen LogP contribution in [-0.4, -0.2) is 37.3 Å². The second-order valence-corrected chi connectivity index (χ2v) is 9.27. The predicted octanol–water partition coefficient (Wildman–Crippen LogP) is 3.13. The topological polar surface area (TPSA) is 95.2 Å². The van der Waals surface area contributed by atoms with Crippen molar-refractivity contribution in [1.82, 2.24) is 14.2 Å². The van der Waals surface area contributed by atoms with Gasteiger partial charge in [0.1, 0.15) is 0 Å². The van der Waals surface area contributed by atoms with Gasteiger partial charge in [-0.25, -0.2) is 12.7 Å². The molecule has 0 fully saturated rings. The SMILES string of the molecule is CN(C)S(=O)(=O)c1ccccc1CNC(=O)/C=C/c1cn(CCC#N)c2ccccc12. The van der Waals surface area contributed by atoms with E-state index < -0.39 is 10.0 Å². The van der Waals surface area contributed by atoms with Crippen LogP contribution in [0.5, 0.6) is 0 Å². The van der Waals surface area contributed by atoms with E-state index in [0.29, 0.717) is 18.5 Å². The third-order valence-electron chi connectivity index (χ3n) is 4.88. The highest BCUT2D eigenvalue weighted by Crippen LogP contribution is 2.23. The normalized spacial score (nSPS) is 11.8. The third-order valence-corrected chi connectivity index (χ3v) is 6.80. The summed E-state index contributed by atoms with van der Waals surface area (Å²) >= 11 is 0. The molecule has 1 heterocycles. The molecule has 1 aromatic heterocycles. The van der Waals surface area contributed by atoms with Gasteiger partial charge in [0, 0.05) is 55.9 Å². The molecule has 8 heteroatoms. The van der Waals surface area contributed by atoms with E-state index in [4.69, 9.17) is 5.26 Å². The van der Waals surface area contributed by atoms with Gasteiger partial charge in [0.05, 0.1) is 17.4 Å². The Hall–Kier alpha value is -3.41. The molecule has 160 valence electrons. The highest BCUT2D eigenvalue weighted by atomic mass is 32.2. The van der Waals surface area contributed by atoms with Gasteiger partial charge in [0.2, 0.25) is 15.9 Å². The maximum atomic E-state index is 12.5. The van der Waals surface area contributed by atoms with Crippen molar-refractivity contribution in [2.24, 2.45) is 0 Å². The molecule has 0 spiro atoms. The zero-order valence-electron chi connectivity index (χ0n) is 17.4. The molecule has 0 radical (unpaired) electrons. The summed E-state index contributed by atoms with van der Waals surface area (Å²) in [7, 11) is -0.656. The van der Waals surface area contributed by atoms with E-state index in [1.165, 1.54) is 26.2 Å². The van der Waals surface area contributed by atoms with Crippen molar-refractivity contribution < 1.29 is 13.2 Å². The first-order valence-corrected chi connectivity index (χ1v) is 11.2. The molecule has 1 amide bonds. The van der Waals surface area contributed by atoms with Gasteiger partial charge in [0.25, 0.3) is 0 Å². The fraction of sp³-hybridized carbons (Fsp3) is 0.217. The molecule has 0 aliphatic carbocycles. The molecule has 0 unspecified atom stereocenters. The van der Waals surface area contributed by atoms with Crippen LogP contribution in [0.15, 0.2) is 65.7 Å². The van der Waals surface area contributed by atoms with Crippen LogP contribution in [0.3, 0.4) is 0 Å². The summed E-state index contributed by atoms with van der Waals surface area (Å²) in [5.74, 6) is -0.328. The minimum Gasteiger partial charge on any atom is -0.348 e. The fourth-order valence-corrected chi connectivity index (χ4v) is 4.38. The van der Waals surface area contributed by atoms with Crippen LogP contribution in [-0.2, 0) is 27.9 Å². The first kappa shape index (κ1) is 22.3. The predicted molar refractivity (Wildman–Crippen MR) is 120 cm³/mol. The van der Waals surface area contributed by atoms with Crippen LogP contribution >= 0.6 is 0 Å². The second kappa shape index (κ2) is 9.60. The summed E-state index contributed by atoms with van der Waals surface area (Å²) in [5, 5.41) is 12.6. The molecule has 0 saturated heterocycles. The average molecular weight is 437 g/mol. The van der Waals surface area contributed by atoms with E-state index in [1.807, 2.05) is 35.0 Å². The molecule has 0 atom stereocenters. The molecule has 0 aliphatic rings. The zero-order chi connectivity index (χ0) is 22.4. The Labute approximate surface area is 182 Å². The largest absolute Gasteiger partial charge is 0.348 e. The highest BCUT2D eigenvalue weighted by Gasteiger charge is 2.20.